The summed E-state index contributed by atoms with van der Waals surface area (Å²) in [5, 5.41) is 0. The van der Waals surface area contributed by atoms with Crippen LogP contribution in [0, 0.1) is 0 Å². The molecule has 0 bridgehead atoms. The highest BCUT2D eigenvalue weighted by Crippen LogP contribution is 2.43. The Morgan fingerprint density at radius 3 is 2.62 bits per heavy atom. The average molecular weight is 190 g/mol. The highest BCUT2D eigenvalue weighted by molar-refractivity contribution is 8.01. The lowest BCUT2D eigenvalue weighted by atomic mass is 10.0. The molecule has 2 rings (SSSR count). The Hall–Kier alpha value is -0.690. The smallest absolute Gasteiger partial charge is 0.0335 e. The van der Waals surface area contributed by atoms with Gasteiger partial charge in [0.1, 0.15) is 0 Å². The summed E-state index contributed by atoms with van der Waals surface area (Å²) >= 11 is 1.94. The standard InChI is InChI=1S/C12H14S/c1-9-8-12(2,3)13-11-7-5-4-6-10(9)11/h4-8H,1-3H3. The maximum atomic E-state index is 2.35. The molecule has 1 aliphatic rings. The van der Waals surface area contributed by atoms with Crippen LogP contribution in [0.1, 0.15) is 26.3 Å². The predicted molar refractivity (Wildman–Crippen MR) is 60.0 cm³/mol. The summed E-state index contributed by atoms with van der Waals surface area (Å²) in [5.74, 6) is 0. The molecule has 1 heterocycles. The van der Waals surface area contributed by atoms with Crippen LogP contribution >= 0.6 is 11.8 Å². The summed E-state index contributed by atoms with van der Waals surface area (Å²) in [5.41, 5.74) is 2.80. The maximum Gasteiger partial charge on any atom is 0.0335 e. The zero-order chi connectivity index (χ0) is 9.47. The largest absolute Gasteiger partial charge is 0.115 e. The van der Waals surface area contributed by atoms with Crippen molar-refractivity contribution in [2.45, 2.75) is 30.4 Å². The molecule has 0 saturated heterocycles. The molecule has 0 nitrogen and oxygen atoms in total. The maximum absolute atomic E-state index is 2.35. The summed E-state index contributed by atoms with van der Waals surface area (Å²) in [6, 6.07) is 8.62. The minimum absolute atomic E-state index is 0.248. The van der Waals surface area contributed by atoms with Gasteiger partial charge in [-0.2, -0.15) is 0 Å². The molecule has 0 fully saturated rings. The molecule has 68 valence electrons. The van der Waals surface area contributed by atoms with Crippen LogP contribution in [0.4, 0.5) is 0 Å². The van der Waals surface area contributed by atoms with Crippen LogP contribution in [-0.2, 0) is 0 Å². The molecule has 0 aromatic heterocycles. The van der Waals surface area contributed by atoms with E-state index in [0.29, 0.717) is 0 Å². The summed E-state index contributed by atoms with van der Waals surface area (Å²) in [4.78, 5) is 1.41. The lowest BCUT2D eigenvalue weighted by Crippen LogP contribution is -2.14. The van der Waals surface area contributed by atoms with Gasteiger partial charge in [-0.3, -0.25) is 0 Å². The second-order valence-electron chi connectivity index (χ2n) is 4.03. The molecular weight excluding hydrogens is 176 g/mol. The van der Waals surface area contributed by atoms with E-state index in [-0.39, 0.29) is 4.75 Å². The van der Waals surface area contributed by atoms with Gasteiger partial charge in [0.15, 0.2) is 0 Å². The van der Waals surface area contributed by atoms with Crippen LogP contribution < -0.4 is 0 Å². The van der Waals surface area contributed by atoms with Gasteiger partial charge in [0.25, 0.3) is 0 Å². The molecule has 0 spiro atoms. The summed E-state index contributed by atoms with van der Waals surface area (Å²) in [7, 11) is 0. The van der Waals surface area contributed by atoms with E-state index in [2.05, 4.69) is 51.1 Å². The minimum Gasteiger partial charge on any atom is -0.115 e. The van der Waals surface area contributed by atoms with Crippen LogP contribution in [0.3, 0.4) is 0 Å². The molecule has 0 amide bonds. The summed E-state index contributed by atoms with van der Waals surface area (Å²) in [6.07, 6.45) is 2.35. The van der Waals surface area contributed by atoms with E-state index >= 15 is 0 Å². The van der Waals surface area contributed by atoms with Crippen molar-refractivity contribution in [2.75, 3.05) is 0 Å². The highest BCUT2D eigenvalue weighted by Gasteiger charge is 2.23. The molecule has 0 atom stereocenters. The van der Waals surface area contributed by atoms with Crippen molar-refractivity contribution in [2.24, 2.45) is 0 Å². The molecule has 1 aliphatic heterocycles. The van der Waals surface area contributed by atoms with E-state index in [4.69, 9.17) is 0 Å². The molecule has 0 saturated carbocycles. The molecule has 0 aliphatic carbocycles. The Bertz CT molecular complexity index is 361. The van der Waals surface area contributed by atoms with Crippen molar-refractivity contribution in [1.82, 2.24) is 0 Å². The number of hydrogen-bond donors (Lipinski definition) is 0. The highest BCUT2D eigenvalue weighted by atomic mass is 32.2. The van der Waals surface area contributed by atoms with E-state index < -0.39 is 0 Å². The Morgan fingerprint density at radius 1 is 1.15 bits per heavy atom. The van der Waals surface area contributed by atoms with Crippen LogP contribution in [0.15, 0.2) is 35.2 Å². The zero-order valence-corrected chi connectivity index (χ0v) is 9.11. The van der Waals surface area contributed by atoms with Gasteiger partial charge in [0.05, 0.1) is 0 Å². The number of fused-ring (bicyclic) bond motifs is 1. The lowest BCUT2D eigenvalue weighted by molar-refractivity contribution is 0.890. The van der Waals surface area contributed by atoms with E-state index in [1.54, 1.807) is 0 Å². The second kappa shape index (κ2) is 2.91. The van der Waals surface area contributed by atoms with E-state index in [1.165, 1.54) is 16.0 Å². The number of allylic oxidation sites excluding steroid dienone is 1. The predicted octanol–water partition coefficient (Wildman–Crippen LogP) is 3.97. The van der Waals surface area contributed by atoms with Crippen molar-refractivity contribution in [1.29, 1.82) is 0 Å². The fraction of sp³-hybridized carbons (Fsp3) is 0.333. The Kier molecular flexibility index (Phi) is 1.99. The topological polar surface area (TPSA) is 0 Å². The van der Waals surface area contributed by atoms with E-state index in [0.717, 1.165) is 0 Å². The van der Waals surface area contributed by atoms with Crippen LogP contribution in [-0.4, -0.2) is 4.75 Å². The van der Waals surface area contributed by atoms with Gasteiger partial charge in [0, 0.05) is 9.64 Å². The van der Waals surface area contributed by atoms with Crippen molar-refractivity contribution >= 4 is 17.3 Å². The van der Waals surface area contributed by atoms with Crippen LogP contribution in [0.5, 0.6) is 0 Å². The Morgan fingerprint density at radius 2 is 1.85 bits per heavy atom. The number of thioether (sulfide) groups is 1. The number of hydrogen-bond acceptors (Lipinski definition) is 1. The third-order valence-corrected chi connectivity index (χ3v) is 3.47. The molecule has 0 radical (unpaired) electrons. The van der Waals surface area contributed by atoms with Gasteiger partial charge in [-0.1, -0.05) is 24.3 Å². The van der Waals surface area contributed by atoms with Gasteiger partial charge in [-0.25, -0.2) is 0 Å². The summed E-state index contributed by atoms with van der Waals surface area (Å²) in [6.45, 7) is 6.72. The Balaban J connectivity index is 2.55. The van der Waals surface area contributed by atoms with E-state index in [1.807, 2.05) is 11.8 Å². The normalized spacial score (nSPS) is 19.2. The van der Waals surface area contributed by atoms with Gasteiger partial charge < -0.3 is 0 Å². The molecule has 1 aromatic carbocycles. The van der Waals surface area contributed by atoms with Gasteiger partial charge in [-0.15, -0.1) is 11.8 Å². The Labute approximate surface area is 84.0 Å². The fourth-order valence-electron chi connectivity index (χ4n) is 1.79. The lowest BCUT2D eigenvalue weighted by Gasteiger charge is -2.27. The molecule has 1 heteroatoms. The van der Waals surface area contributed by atoms with E-state index in [9.17, 15) is 0 Å². The quantitative estimate of drug-likeness (QED) is 0.596. The summed E-state index contributed by atoms with van der Waals surface area (Å²) < 4.78 is 0.248. The molecule has 13 heavy (non-hydrogen) atoms. The van der Waals surface area contributed by atoms with Crippen molar-refractivity contribution in [3.05, 3.63) is 35.9 Å². The first-order valence-corrected chi connectivity index (χ1v) is 5.38. The zero-order valence-electron chi connectivity index (χ0n) is 8.29. The first kappa shape index (κ1) is 8.89. The molecule has 1 aromatic rings. The van der Waals surface area contributed by atoms with Gasteiger partial charge in [0.2, 0.25) is 0 Å². The third kappa shape index (κ3) is 1.66. The number of rotatable bonds is 0. The SMILES string of the molecule is CC1=CC(C)(C)Sc2ccccc21. The second-order valence-corrected chi connectivity index (χ2v) is 5.73. The third-order valence-electron chi connectivity index (χ3n) is 2.25. The average Bonchev–Trinajstić information content (AvgIpc) is 2.02. The van der Waals surface area contributed by atoms with Crippen LogP contribution in [0.2, 0.25) is 0 Å². The van der Waals surface area contributed by atoms with Crippen molar-refractivity contribution in [3.63, 3.8) is 0 Å². The molecular formula is C12H14S. The molecule has 0 N–H and O–H groups in total. The molecule has 0 unspecified atom stereocenters. The fourth-order valence-corrected chi connectivity index (χ4v) is 3.08. The van der Waals surface area contributed by atoms with Crippen molar-refractivity contribution in [3.8, 4) is 0 Å². The minimum atomic E-state index is 0.248. The van der Waals surface area contributed by atoms with Crippen LogP contribution in [0.25, 0.3) is 5.57 Å². The first-order valence-electron chi connectivity index (χ1n) is 4.56. The number of benzene rings is 1. The first-order chi connectivity index (χ1) is 6.08. The van der Waals surface area contributed by atoms with Gasteiger partial charge >= 0.3 is 0 Å². The monoisotopic (exact) mass is 190 g/mol. The van der Waals surface area contributed by atoms with Crippen molar-refractivity contribution < 1.29 is 0 Å². The van der Waals surface area contributed by atoms with Gasteiger partial charge in [-0.05, 0) is 38.0 Å².